The zero-order valence-electron chi connectivity index (χ0n) is 9.65. The van der Waals surface area contributed by atoms with Crippen molar-refractivity contribution in [2.45, 2.75) is 20.5 Å². The van der Waals surface area contributed by atoms with Gasteiger partial charge in [0, 0.05) is 0 Å². The molecule has 0 saturated heterocycles. The van der Waals surface area contributed by atoms with Crippen molar-refractivity contribution in [2.75, 3.05) is 0 Å². The fourth-order valence-electron chi connectivity index (χ4n) is 1.44. The number of halogens is 4. The molecule has 0 aromatic heterocycles. The van der Waals surface area contributed by atoms with Gasteiger partial charge >= 0.3 is 0 Å². The van der Waals surface area contributed by atoms with E-state index in [1.807, 2.05) is 0 Å². The summed E-state index contributed by atoms with van der Waals surface area (Å²) in [5, 5.41) is 8.66. The maximum Gasteiger partial charge on any atom is 0.173 e. The van der Waals surface area contributed by atoms with Crippen LogP contribution in [0.25, 0.3) is 5.76 Å². The minimum atomic E-state index is -1.68. The van der Waals surface area contributed by atoms with E-state index in [-0.39, 0.29) is 5.57 Å². The molecule has 0 fully saturated rings. The molecule has 0 bridgehead atoms. The summed E-state index contributed by atoms with van der Waals surface area (Å²) >= 11 is 0. The van der Waals surface area contributed by atoms with Crippen LogP contribution in [0.15, 0.2) is 5.57 Å². The molecule has 0 unspecified atom stereocenters. The maximum absolute atomic E-state index is 13.6. The summed E-state index contributed by atoms with van der Waals surface area (Å²) in [6.07, 6.45) is 0. The molecule has 100 valence electrons. The molecule has 0 saturated carbocycles. The first-order chi connectivity index (χ1) is 8.36. The van der Waals surface area contributed by atoms with Gasteiger partial charge in [-0.3, -0.25) is 0 Å². The van der Waals surface area contributed by atoms with Crippen LogP contribution in [-0.2, 0) is 11.4 Å². The Morgan fingerprint density at radius 1 is 1.06 bits per heavy atom. The number of aliphatic hydroxyl groups excluding tert-OH is 1. The lowest BCUT2D eigenvalue weighted by atomic mass is 10.0. The molecule has 7 heteroatoms. The molecule has 0 radical (unpaired) electrons. The molecule has 0 heterocycles. The minimum Gasteiger partial charge on any atom is -0.411 e. The molecule has 0 amide bonds. The third-order valence-corrected chi connectivity index (χ3v) is 2.31. The van der Waals surface area contributed by atoms with Gasteiger partial charge in [-0.05, 0) is 19.4 Å². The van der Waals surface area contributed by atoms with E-state index in [0.29, 0.717) is 0 Å². The second kappa shape index (κ2) is 5.36. The predicted molar refractivity (Wildman–Crippen MR) is 55.7 cm³/mol. The van der Waals surface area contributed by atoms with Gasteiger partial charge < -0.3 is 9.94 Å². The molecule has 18 heavy (non-hydrogen) atoms. The molecular weight excluding hydrogens is 254 g/mol. The van der Waals surface area contributed by atoms with Crippen molar-refractivity contribution in [3.8, 4) is 0 Å². The summed E-state index contributed by atoms with van der Waals surface area (Å²) in [4.78, 5) is 4.25. The number of hydrogen-bond donors (Lipinski definition) is 2. The lowest BCUT2D eigenvalue weighted by Crippen LogP contribution is -2.12. The monoisotopic (exact) mass is 265 g/mol. The van der Waals surface area contributed by atoms with Crippen LogP contribution in [0.3, 0.4) is 0 Å². The molecule has 1 rings (SSSR count). The SMILES string of the molecule is CC(C)=C(ON)c1c(F)c(F)c(CO)c(F)c1F. The lowest BCUT2D eigenvalue weighted by Gasteiger charge is -2.13. The van der Waals surface area contributed by atoms with Crippen molar-refractivity contribution in [3.05, 3.63) is 40.0 Å². The molecule has 0 aliphatic carbocycles. The number of hydrogen-bond acceptors (Lipinski definition) is 3. The van der Waals surface area contributed by atoms with Gasteiger partial charge in [-0.15, -0.1) is 0 Å². The molecule has 1 aromatic carbocycles. The largest absolute Gasteiger partial charge is 0.411 e. The van der Waals surface area contributed by atoms with E-state index in [4.69, 9.17) is 11.0 Å². The number of allylic oxidation sites excluding steroid dienone is 1. The van der Waals surface area contributed by atoms with Crippen LogP contribution in [0, 0.1) is 23.3 Å². The average Bonchev–Trinajstić information content (AvgIpc) is 2.32. The molecule has 0 aliphatic heterocycles. The summed E-state index contributed by atoms with van der Waals surface area (Å²) in [6, 6.07) is 0. The number of benzene rings is 1. The molecular formula is C11H11F4NO2. The van der Waals surface area contributed by atoms with Crippen LogP contribution in [0.2, 0.25) is 0 Å². The van der Waals surface area contributed by atoms with Gasteiger partial charge in [0.05, 0.1) is 17.7 Å². The van der Waals surface area contributed by atoms with Gasteiger partial charge in [0.15, 0.2) is 29.0 Å². The van der Waals surface area contributed by atoms with Gasteiger partial charge in [0.1, 0.15) is 0 Å². The highest BCUT2D eigenvalue weighted by molar-refractivity contribution is 5.64. The molecule has 3 nitrogen and oxygen atoms in total. The lowest BCUT2D eigenvalue weighted by molar-refractivity contribution is 0.259. The molecule has 0 spiro atoms. The average molecular weight is 265 g/mol. The van der Waals surface area contributed by atoms with Crippen LogP contribution < -0.4 is 5.90 Å². The third-order valence-electron chi connectivity index (χ3n) is 2.31. The van der Waals surface area contributed by atoms with Crippen molar-refractivity contribution in [1.29, 1.82) is 0 Å². The van der Waals surface area contributed by atoms with Crippen molar-refractivity contribution < 1.29 is 27.5 Å². The van der Waals surface area contributed by atoms with Crippen molar-refractivity contribution in [1.82, 2.24) is 0 Å². The summed E-state index contributed by atoms with van der Waals surface area (Å²) in [6.45, 7) is 1.63. The Bertz CT molecular complexity index is 481. The first kappa shape index (κ1) is 14.5. The Kier molecular flexibility index (Phi) is 4.31. The van der Waals surface area contributed by atoms with Gasteiger partial charge in [-0.1, -0.05) is 0 Å². The van der Waals surface area contributed by atoms with E-state index in [0.717, 1.165) is 0 Å². The number of nitrogens with two attached hydrogens (primary N) is 1. The summed E-state index contributed by atoms with van der Waals surface area (Å²) in [5.41, 5.74) is -1.89. The van der Waals surface area contributed by atoms with Crippen LogP contribution in [0.5, 0.6) is 0 Å². The fraction of sp³-hybridized carbons (Fsp3) is 0.273. The zero-order valence-corrected chi connectivity index (χ0v) is 9.65. The Morgan fingerprint density at radius 2 is 1.50 bits per heavy atom. The predicted octanol–water partition coefficient (Wildman–Crippen LogP) is 2.38. The van der Waals surface area contributed by atoms with Gasteiger partial charge in [0.25, 0.3) is 0 Å². The van der Waals surface area contributed by atoms with E-state index in [1.165, 1.54) is 13.8 Å². The standard InChI is InChI=1S/C11H11F4NO2/c1-4(2)11(18-16)6-9(14)7(12)5(3-17)8(13)10(6)15/h17H,3,16H2,1-2H3. The van der Waals surface area contributed by atoms with Crippen LogP contribution >= 0.6 is 0 Å². The zero-order chi connectivity index (χ0) is 14.0. The van der Waals surface area contributed by atoms with Crippen molar-refractivity contribution >= 4 is 5.76 Å². The Labute approximate surface area is 100 Å². The number of aliphatic hydroxyl groups is 1. The smallest absolute Gasteiger partial charge is 0.173 e. The van der Waals surface area contributed by atoms with Crippen LogP contribution in [0.4, 0.5) is 17.6 Å². The van der Waals surface area contributed by atoms with Crippen molar-refractivity contribution in [2.24, 2.45) is 5.90 Å². The van der Waals surface area contributed by atoms with Gasteiger partial charge in [0.2, 0.25) is 0 Å². The van der Waals surface area contributed by atoms with E-state index >= 15 is 0 Å². The Morgan fingerprint density at radius 3 is 1.78 bits per heavy atom. The summed E-state index contributed by atoms with van der Waals surface area (Å²) in [7, 11) is 0. The number of rotatable bonds is 3. The van der Waals surface area contributed by atoms with E-state index in [2.05, 4.69) is 4.84 Å². The Hall–Kier alpha value is -1.60. The topological polar surface area (TPSA) is 55.5 Å². The highest BCUT2D eigenvalue weighted by atomic mass is 19.2. The third kappa shape index (κ3) is 2.19. The fourth-order valence-corrected chi connectivity index (χ4v) is 1.44. The minimum absolute atomic E-state index is 0.228. The van der Waals surface area contributed by atoms with Gasteiger partial charge in [-0.2, -0.15) is 5.90 Å². The summed E-state index contributed by atoms with van der Waals surface area (Å²) < 4.78 is 54.1. The first-order valence-corrected chi connectivity index (χ1v) is 4.87. The quantitative estimate of drug-likeness (QED) is 0.382. The highest BCUT2D eigenvalue weighted by Gasteiger charge is 2.28. The summed E-state index contributed by atoms with van der Waals surface area (Å²) in [5.74, 6) is -2.37. The van der Waals surface area contributed by atoms with Gasteiger partial charge in [-0.25, -0.2) is 17.6 Å². The normalized spacial score (nSPS) is 10.4. The van der Waals surface area contributed by atoms with E-state index < -0.39 is 46.8 Å². The molecule has 0 atom stereocenters. The first-order valence-electron chi connectivity index (χ1n) is 4.87. The van der Waals surface area contributed by atoms with E-state index in [9.17, 15) is 17.6 Å². The van der Waals surface area contributed by atoms with Crippen molar-refractivity contribution in [3.63, 3.8) is 0 Å². The van der Waals surface area contributed by atoms with E-state index in [1.54, 1.807) is 0 Å². The highest BCUT2D eigenvalue weighted by Crippen LogP contribution is 2.30. The maximum atomic E-state index is 13.6. The Balaban J connectivity index is 3.72. The molecule has 0 aliphatic rings. The van der Waals surface area contributed by atoms with Crippen LogP contribution in [-0.4, -0.2) is 5.11 Å². The second-order valence-electron chi connectivity index (χ2n) is 3.71. The molecule has 1 aromatic rings. The van der Waals surface area contributed by atoms with Crippen LogP contribution in [0.1, 0.15) is 25.0 Å². The molecule has 3 N–H and O–H groups in total. The second-order valence-corrected chi connectivity index (χ2v) is 3.71.